The quantitative estimate of drug-likeness (QED) is 0.192. The highest BCUT2D eigenvalue weighted by molar-refractivity contribution is 6.39. The Labute approximate surface area is 271 Å². The van der Waals surface area contributed by atoms with Crippen LogP contribution in [0.15, 0.2) is 164 Å². The first-order valence-electron chi connectivity index (χ1n) is 16.4. The van der Waals surface area contributed by atoms with Gasteiger partial charge in [0.1, 0.15) is 0 Å². The number of hydrogen-bond donors (Lipinski definition) is 0. The van der Waals surface area contributed by atoms with Crippen molar-refractivity contribution < 1.29 is 0 Å². The van der Waals surface area contributed by atoms with Gasteiger partial charge in [-0.1, -0.05) is 146 Å². The molecular formula is C46H27N. The Morgan fingerprint density at radius 2 is 0.915 bits per heavy atom. The summed E-state index contributed by atoms with van der Waals surface area (Å²) in [6.07, 6.45) is 0. The van der Waals surface area contributed by atoms with Gasteiger partial charge in [-0.15, -0.1) is 0 Å². The summed E-state index contributed by atoms with van der Waals surface area (Å²) in [5.41, 5.74) is 11.5. The van der Waals surface area contributed by atoms with Gasteiger partial charge in [0.15, 0.2) is 0 Å². The highest BCUT2D eigenvalue weighted by Gasteiger charge is 2.29. The topological polar surface area (TPSA) is 4.93 Å². The van der Waals surface area contributed by atoms with Crippen LogP contribution in [0.25, 0.3) is 104 Å². The zero-order valence-corrected chi connectivity index (χ0v) is 25.5. The molecule has 216 valence electrons. The molecule has 0 bridgehead atoms. The maximum absolute atomic E-state index is 2.53. The van der Waals surface area contributed by atoms with E-state index in [9.17, 15) is 0 Å². The van der Waals surface area contributed by atoms with E-state index < -0.39 is 0 Å². The Morgan fingerprint density at radius 3 is 1.72 bits per heavy atom. The summed E-state index contributed by atoms with van der Waals surface area (Å²) < 4.78 is 2.53. The van der Waals surface area contributed by atoms with Crippen LogP contribution in [0.3, 0.4) is 0 Å². The van der Waals surface area contributed by atoms with Crippen LogP contribution in [-0.4, -0.2) is 4.57 Å². The van der Waals surface area contributed by atoms with E-state index >= 15 is 0 Å². The summed E-state index contributed by atoms with van der Waals surface area (Å²) >= 11 is 0. The van der Waals surface area contributed by atoms with Gasteiger partial charge in [-0.05, 0) is 83.7 Å². The average molecular weight is 594 g/mol. The molecule has 1 nitrogen and oxygen atoms in total. The second kappa shape index (κ2) is 9.19. The highest BCUT2D eigenvalue weighted by atomic mass is 15.0. The van der Waals surface area contributed by atoms with E-state index in [1.54, 1.807) is 0 Å². The molecule has 2 aliphatic carbocycles. The van der Waals surface area contributed by atoms with Crippen molar-refractivity contribution in [2.75, 3.05) is 0 Å². The molecule has 1 aromatic heterocycles. The molecular weight excluding hydrogens is 567 g/mol. The Kier molecular flexibility index (Phi) is 4.90. The van der Waals surface area contributed by atoms with Crippen LogP contribution in [0.5, 0.6) is 0 Å². The minimum absolute atomic E-state index is 1.21. The van der Waals surface area contributed by atoms with Gasteiger partial charge in [-0.25, -0.2) is 0 Å². The van der Waals surface area contributed by atoms with Crippen molar-refractivity contribution in [3.05, 3.63) is 164 Å². The second-order valence-electron chi connectivity index (χ2n) is 12.8. The van der Waals surface area contributed by atoms with Gasteiger partial charge < -0.3 is 4.57 Å². The first kappa shape index (κ1) is 25.1. The van der Waals surface area contributed by atoms with Crippen molar-refractivity contribution >= 4 is 64.9 Å². The largest absolute Gasteiger partial charge is 0.309 e. The minimum Gasteiger partial charge on any atom is -0.309 e. The normalized spacial score (nSPS) is 12.3. The van der Waals surface area contributed by atoms with Crippen molar-refractivity contribution in [3.8, 4) is 39.1 Å². The third-order valence-electron chi connectivity index (χ3n) is 10.5. The number of hydrogen-bond acceptors (Lipinski definition) is 0. The van der Waals surface area contributed by atoms with Crippen molar-refractivity contribution in [1.82, 2.24) is 4.57 Å². The molecule has 0 fully saturated rings. The Morgan fingerprint density at radius 1 is 0.298 bits per heavy atom. The summed E-state index contributed by atoms with van der Waals surface area (Å²) in [6, 6.07) is 60.6. The van der Waals surface area contributed by atoms with Crippen LogP contribution in [-0.2, 0) is 0 Å². The molecule has 1 heteroatoms. The van der Waals surface area contributed by atoms with Gasteiger partial charge in [-0.3, -0.25) is 0 Å². The zero-order valence-electron chi connectivity index (χ0n) is 25.5. The molecule has 11 rings (SSSR count). The van der Waals surface area contributed by atoms with E-state index in [0.29, 0.717) is 0 Å². The third-order valence-corrected chi connectivity index (χ3v) is 10.5. The molecule has 0 N–H and O–H groups in total. The van der Waals surface area contributed by atoms with E-state index in [2.05, 4.69) is 168 Å². The van der Waals surface area contributed by atoms with Gasteiger partial charge in [0.05, 0.1) is 16.7 Å². The fourth-order valence-corrected chi connectivity index (χ4v) is 8.64. The maximum Gasteiger partial charge on any atom is 0.0548 e. The fourth-order valence-electron chi connectivity index (χ4n) is 8.64. The lowest BCUT2D eigenvalue weighted by atomic mass is 9.92. The molecule has 9 aromatic rings. The molecule has 0 radical (unpaired) electrons. The predicted octanol–water partition coefficient (Wildman–Crippen LogP) is 12.7. The van der Waals surface area contributed by atoms with Crippen molar-refractivity contribution in [2.45, 2.75) is 0 Å². The van der Waals surface area contributed by atoms with E-state index in [1.165, 1.54) is 104 Å². The van der Waals surface area contributed by atoms with Crippen molar-refractivity contribution in [1.29, 1.82) is 0 Å². The molecule has 0 amide bonds. The van der Waals surface area contributed by atoms with E-state index in [0.717, 1.165) is 0 Å². The molecule has 47 heavy (non-hydrogen) atoms. The summed E-state index contributed by atoms with van der Waals surface area (Å²) in [7, 11) is 0. The minimum atomic E-state index is 1.21. The fraction of sp³-hybridized carbons (Fsp3) is 0. The zero-order chi connectivity index (χ0) is 30.6. The number of rotatable bonds is 3. The number of benzene rings is 8. The Bertz CT molecular complexity index is 2930. The smallest absolute Gasteiger partial charge is 0.0548 e. The third kappa shape index (κ3) is 3.23. The maximum atomic E-state index is 2.53. The van der Waals surface area contributed by atoms with Crippen LogP contribution >= 0.6 is 0 Å². The molecule has 0 aliphatic heterocycles. The number of nitrogens with zero attached hydrogens (tertiary/aromatic N) is 1. The van der Waals surface area contributed by atoms with Gasteiger partial charge in [0, 0.05) is 21.7 Å². The van der Waals surface area contributed by atoms with Gasteiger partial charge in [0.25, 0.3) is 0 Å². The second-order valence-corrected chi connectivity index (χ2v) is 12.8. The van der Waals surface area contributed by atoms with Crippen LogP contribution in [0.1, 0.15) is 0 Å². The predicted molar refractivity (Wildman–Crippen MR) is 201 cm³/mol. The first-order chi connectivity index (χ1) is 23.4. The van der Waals surface area contributed by atoms with Gasteiger partial charge >= 0.3 is 0 Å². The SMILES string of the molecule is c1ccc(-c2ccc(-n3c4ccc5c6c4c4c7c(cccc7c(-c7ccccc7)c-6c6ccccc65)ccc43)c3ccccc23)cc1. The van der Waals surface area contributed by atoms with Crippen LogP contribution in [0.2, 0.25) is 0 Å². The Hall–Kier alpha value is -6.18. The van der Waals surface area contributed by atoms with Crippen molar-refractivity contribution in [2.24, 2.45) is 0 Å². The van der Waals surface area contributed by atoms with Crippen molar-refractivity contribution in [3.63, 3.8) is 0 Å². The summed E-state index contributed by atoms with van der Waals surface area (Å²) in [5.74, 6) is 0. The summed E-state index contributed by atoms with van der Waals surface area (Å²) in [6.45, 7) is 0. The Balaban J connectivity index is 1.38. The molecule has 0 atom stereocenters. The lowest BCUT2D eigenvalue weighted by Crippen LogP contribution is -1.97. The molecule has 0 saturated carbocycles. The monoisotopic (exact) mass is 593 g/mol. The number of aromatic nitrogens is 1. The lowest BCUT2D eigenvalue weighted by Gasteiger charge is -2.16. The van der Waals surface area contributed by atoms with E-state index in [-0.39, 0.29) is 0 Å². The van der Waals surface area contributed by atoms with Gasteiger partial charge in [0.2, 0.25) is 0 Å². The first-order valence-corrected chi connectivity index (χ1v) is 16.4. The summed E-state index contributed by atoms with van der Waals surface area (Å²) in [4.78, 5) is 0. The van der Waals surface area contributed by atoms with Crippen LogP contribution < -0.4 is 0 Å². The molecule has 0 saturated heterocycles. The molecule has 2 aliphatic rings. The van der Waals surface area contributed by atoms with E-state index in [1.807, 2.05) is 0 Å². The standard InChI is InChI=1S/C46H27N/c1-3-12-28(13-4-1)31-23-26-38(34-19-9-7-17-32(31)34)47-39-25-22-30-16-11-21-37-41(29-14-5-2-6-15-29)43-35-20-10-8-18-33(35)36-24-27-40(47)46(44(36)43)45(39)42(30)37/h1-27H. The molecule has 8 aromatic carbocycles. The molecule has 1 heterocycles. The molecule has 0 unspecified atom stereocenters. The van der Waals surface area contributed by atoms with E-state index in [4.69, 9.17) is 0 Å². The van der Waals surface area contributed by atoms with Gasteiger partial charge in [-0.2, -0.15) is 0 Å². The van der Waals surface area contributed by atoms with Crippen LogP contribution in [0.4, 0.5) is 0 Å². The molecule has 0 spiro atoms. The lowest BCUT2D eigenvalue weighted by molar-refractivity contribution is 1.20. The highest BCUT2D eigenvalue weighted by Crippen LogP contribution is 2.55. The summed E-state index contributed by atoms with van der Waals surface area (Å²) in [5, 5.41) is 13.1. The average Bonchev–Trinajstić information content (AvgIpc) is 3.60. The number of fused-ring (bicyclic) bond motifs is 4. The van der Waals surface area contributed by atoms with Crippen LogP contribution in [0, 0.1) is 0 Å².